The van der Waals surface area contributed by atoms with Crippen molar-refractivity contribution in [1.29, 1.82) is 0 Å². The second kappa shape index (κ2) is 2.17. The number of hydrogen-bond donors (Lipinski definition) is 2. The maximum Gasteiger partial charge on any atom is 0.103 e. The fourth-order valence-electron chi connectivity index (χ4n) is 1.56. The van der Waals surface area contributed by atoms with Crippen molar-refractivity contribution in [2.24, 2.45) is 11.5 Å². The van der Waals surface area contributed by atoms with Crippen molar-refractivity contribution in [3.8, 4) is 0 Å². The lowest BCUT2D eigenvalue weighted by atomic mass is 10.1. The molecule has 2 fully saturated rings. The van der Waals surface area contributed by atoms with Gasteiger partial charge in [0.05, 0.1) is 25.3 Å². The lowest BCUT2D eigenvalue weighted by Crippen LogP contribution is -2.39. The molecule has 2 aliphatic heterocycles. The third kappa shape index (κ3) is 0.769. The van der Waals surface area contributed by atoms with Gasteiger partial charge in [-0.15, -0.1) is 0 Å². The first-order valence-electron chi connectivity index (χ1n) is 3.53. The van der Waals surface area contributed by atoms with Crippen LogP contribution in [-0.4, -0.2) is 37.5 Å². The first-order valence-corrected chi connectivity index (χ1v) is 3.53. The van der Waals surface area contributed by atoms with Gasteiger partial charge in [-0.25, -0.2) is 0 Å². The minimum absolute atomic E-state index is 0.0264. The van der Waals surface area contributed by atoms with Crippen molar-refractivity contribution in [2.75, 3.05) is 13.2 Å². The molecule has 10 heavy (non-hydrogen) atoms. The largest absolute Gasteiger partial charge is 0.372 e. The fraction of sp³-hybridized carbons (Fsp3) is 1.00. The van der Waals surface area contributed by atoms with E-state index in [-0.39, 0.29) is 24.3 Å². The molecule has 0 saturated carbocycles. The molecule has 0 aromatic heterocycles. The minimum Gasteiger partial charge on any atom is -0.372 e. The zero-order valence-electron chi connectivity index (χ0n) is 5.69. The first-order chi connectivity index (χ1) is 4.79. The molecule has 2 saturated heterocycles. The number of fused-ring (bicyclic) bond motifs is 1. The van der Waals surface area contributed by atoms with Crippen LogP contribution in [-0.2, 0) is 9.47 Å². The van der Waals surface area contributed by atoms with E-state index in [1.54, 1.807) is 0 Å². The van der Waals surface area contributed by atoms with E-state index in [2.05, 4.69) is 0 Å². The molecular weight excluding hydrogens is 132 g/mol. The Hall–Kier alpha value is -0.160. The van der Waals surface area contributed by atoms with E-state index < -0.39 is 0 Å². The Labute approximate surface area is 59.5 Å². The second-order valence-electron chi connectivity index (χ2n) is 2.92. The zero-order chi connectivity index (χ0) is 7.14. The van der Waals surface area contributed by atoms with Gasteiger partial charge in [0.2, 0.25) is 0 Å². The van der Waals surface area contributed by atoms with E-state index in [4.69, 9.17) is 20.9 Å². The van der Waals surface area contributed by atoms with Gasteiger partial charge in [-0.1, -0.05) is 0 Å². The van der Waals surface area contributed by atoms with Gasteiger partial charge in [0.1, 0.15) is 12.2 Å². The Kier molecular flexibility index (Phi) is 1.42. The van der Waals surface area contributed by atoms with Crippen LogP contribution in [0.5, 0.6) is 0 Å². The summed E-state index contributed by atoms with van der Waals surface area (Å²) in [6, 6.07) is 0.0529. The predicted octanol–water partition coefficient (Wildman–Crippen LogP) is -1.56. The van der Waals surface area contributed by atoms with Crippen molar-refractivity contribution in [3.05, 3.63) is 0 Å². The van der Waals surface area contributed by atoms with Gasteiger partial charge >= 0.3 is 0 Å². The summed E-state index contributed by atoms with van der Waals surface area (Å²) in [5, 5.41) is 0. The summed E-state index contributed by atoms with van der Waals surface area (Å²) in [5.74, 6) is 0. The number of ether oxygens (including phenoxy) is 2. The highest BCUT2D eigenvalue weighted by Crippen LogP contribution is 2.24. The van der Waals surface area contributed by atoms with Gasteiger partial charge in [0, 0.05) is 0 Å². The summed E-state index contributed by atoms with van der Waals surface area (Å²) in [6.07, 6.45) is 0.102. The van der Waals surface area contributed by atoms with Gasteiger partial charge < -0.3 is 20.9 Å². The van der Waals surface area contributed by atoms with Crippen molar-refractivity contribution >= 4 is 0 Å². The summed E-state index contributed by atoms with van der Waals surface area (Å²) < 4.78 is 10.7. The van der Waals surface area contributed by atoms with E-state index in [0.717, 1.165) is 0 Å². The van der Waals surface area contributed by atoms with E-state index in [1.807, 2.05) is 0 Å². The molecule has 2 aliphatic rings. The van der Waals surface area contributed by atoms with Crippen LogP contribution in [0.1, 0.15) is 0 Å². The number of rotatable bonds is 0. The molecule has 2 unspecified atom stereocenters. The minimum atomic E-state index is 0.0264. The zero-order valence-corrected chi connectivity index (χ0v) is 5.69. The molecule has 4 heteroatoms. The third-order valence-corrected chi connectivity index (χ3v) is 2.13. The van der Waals surface area contributed by atoms with Crippen LogP contribution in [0.3, 0.4) is 0 Å². The van der Waals surface area contributed by atoms with E-state index in [9.17, 15) is 0 Å². The molecule has 4 N–H and O–H groups in total. The molecule has 0 bridgehead atoms. The van der Waals surface area contributed by atoms with Crippen LogP contribution in [0, 0.1) is 0 Å². The maximum atomic E-state index is 5.68. The smallest absolute Gasteiger partial charge is 0.103 e. The molecule has 0 aromatic carbocycles. The Balaban J connectivity index is 2.09. The topological polar surface area (TPSA) is 70.5 Å². The molecule has 0 radical (unpaired) electrons. The second-order valence-corrected chi connectivity index (χ2v) is 2.92. The molecule has 58 valence electrons. The summed E-state index contributed by atoms with van der Waals surface area (Å²) in [4.78, 5) is 0. The lowest BCUT2D eigenvalue weighted by Gasteiger charge is -2.10. The summed E-state index contributed by atoms with van der Waals surface area (Å²) >= 11 is 0. The quantitative estimate of drug-likeness (QED) is 0.431. The van der Waals surface area contributed by atoms with Gasteiger partial charge in [-0.05, 0) is 0 Å². The van der Waals surface area contributed by atoms with Crippen LogP contribution in [0.25, 0.3) is 0 Å². The van der Waals surface area contributed by atoms with Crippen LogP contribution in [0.2, 0.25) is 0 Å². The van der Waals surface area contributed by atoms with Crippen LogP contribution < -0.4 is 11.5 Å². The maximum absolute atomic E-state index is 5.68. The Morgan fingerprint density at radius 3 is 1.70 bits per heavy atom. The van der Waals surface area contributed by atoms with E-state index in [0.29, 0.717) is 13.2 Å². The average molecular weight is 144 g/mol. The average Bonchev–Trinajstić information content (AvgIpc) is 2.41. The van der Waals surface area contributed by atoms with E-state index >= 15 is 0 Å². The third-order valence-electron chi connectivity index (χ3n) is 2.13. The molecule has 2 rings (SSSR count). The molecular formula is C6H12N2O2. The highest BCUT2D eigenvalue weighted by atomic mass is 16.6. The normalized spacial score (nSPS) is 53.4. The summed E-state index contributed by atoms with van der Waals surface area (Å²) in [5.41, 5.74) is 11.4. The van der Waals surface area contributed by atoms with Crippen molar-refractivity contribution < 1.29 is 9.47 Å². The fourth-order valence-corrected chi connectivity index (χ4v) is 1.56. The van der Waals surface area contributed by atoms with Gasteiger partial charge in [0.25, 0.3) is 0 Å². The van der Waals surface area contributed by atoms with Gasteiger partial charge in [0.15, 0.2) is 0 Å². The molecule has 4 atom stereocenters. The van der Waals surface area contributed by atoms with Crippen LogP contribution in [0.4, 0.5) is 0 Å². The molecule has 0 aromatic rings. The predicted molar refractivity (Wildman–Crippen MR) is 35.4 cm³/mol. The molecule has 4 nitrogen and oxygen atoms in total. The number of nitrogens with two attached hydrogens (primary N) is 2. The Morgan fingerprint density at radius 1 is 0.900 bits per heavy atom. The van der Waals surface area contributed by atoms with Gasteiger partial charge in [-0.3, -0.25) is 0 Å². The number of hydrogen-bond acceptors (Lipinski definition) is 4. The summed E-state index contributed by atoms with van der Waals surface area (Å²) in [6.45, 7) is 1.17. The Bertz CT molecular complexity index is 126. The van der Waals surface area contributed by atoms with Gasteiger partial charge in [-0.2, -0.15) is 0 Å². The monoisotopic (exact) mass is 144 g/mol. The Morgan fingerprint density at radius 2 is 1.30 bits per heavy atom. The SMILES string of the molecule is N[C@@H]1COC2C1OC[C@@H]2N. The van der Waals surface area contributed by atoms with Crippen molar-refractivity contribution in [1.82, 2.24) is 0 Å². The van der Waals surface area contributed by atoms with Crippen molar-refractivity contribution in [3.63, 3.8) is 0 Å². The highest BCUT2D eigenvalue weighted by Gasteiger charge is 2.44. The standard InChI is InChI=1S/C6H12N2O2/c7-3-1-9-6-4(8)2-10-5(3)6/h3-6H,1-2,7-8H2/t3-,4+,5?,6?. The molecule has 2 heterocycles. The lowest BCUT2D eigenvalue weighted by molar-refractivity contribution is 0.0691. The van der Waals surface area contributed by atoms with Crippen molar-refractivity contribution in [2.45, 2.75) is 24.3 Å². The molecule has 0 amide bonds. The summed E-state index contributed by atoms with van der Waals surface area (Å²) in [7, 11) is 0. The molecule has 0 spiro atoms. The van der Waals surface area contributed by atoms with Crippen LogP contribution in [0.15, 0.2) is 0 Å². The first kappa shape index (κ1) is 6.54. The van der Waals surface area contributed by atoms with Crippen LogP contribution >= 0.6 is 0 Å². The van der Waals surface area contributed by atoms with E-state index in [1.165, 1.54) is 0 Å². The molecule has 0 aliphatic carbocycles. The highest BCUT2D eigenvalue weighted by molar-refractivity contribution is 4.97.